The first-order valence-corrected chi connectivity index (χ1v) is 7.26. The normalized spacial score (nSPS) is 12.5. The van der Waals surface area contributed by atoms with Crippen LogP contribution < -0.4 is 10.5 Å². The van der Waals surface area contributed by atoms with Gasteiger partial charge in [0.05, 0.1) is 4.34 Å². The van der Waals surface area contributed by atoms with E-state index in [0.717, 1.165) is 10.9 Å². The van der Waals surface area contributed by atoms with Gasteiger partial charge in [0, 0.05) is 15.9 Å². The van der Waals surface area contributed by atoms with Crippen molar-refractivity contribution < 1.29 is 13.5 Å². The van der Waals surface area contributed by atoms with Crippen LogP contribution >= 0.6 is 38.9 Å². The first-order chi connectivity index (χ1) is 9.01. The Morgan fingerprint density at radius 1 is 1.37 bits per heavy atom. The van der Waals surface area contributed by atoms with Crippen molar-refractivity contribution in [1.29, 1.82) is 0 Å². The smallest absolute Gasteiger partial charge is 0.200 e. The summed E-state index contributed by atoms with van der Waals surface area (Å²) >= 11 is 10.2. The Bertz CT molecular complexity index is 593. The van der Waals surface area contributed by atoms with Crippen molar-refractivity contribution in [2.45, 2.75) is 6.10 Å². The minimum atomic E-state index is -1.04. The molecule has 0 radical (unpaired) electrons. The molecule has 0 aliphatic carbocycles. The van der Waals surface area contributed by atoms with Gasteiger partial charge in [0.25, 0.3) is 0 Å². The predicted molar refractivity (Wildman–Crippen MR) is 75.8 cm³/mol. The third-order valence-corrected chi connectivity index (χ3v) is 4.14. The van der Waals surface area contributed by atoms with Gasteiger partial charge in [-0.05, 0) is 24.3 Å². The fraction of sp³-hybridized carbons (Fsp3) is 0.167. The van der Waals surface area contributed by atoms with E-state index >= 15 is 0 Å². The van der Waals surface area contributed by atoms with Crippen LogP contribution in [0.1, 0.15) is 11.0 Å². The molecule has 1 atom stereocenters. The second kappa shape index (κ2) is 6.17. The fourth-order valence-corrected chi connectivity index (χ4v) is 3.01. The highest BCUT2D eigenvalue weighted by molar-refractivity contribution is 9.10. The summed E-state index contributed by atoms with van der Waals surface area (Å²) in [6.45, 7) is 0.129. The van der Waals surface area contributed by atoms with Gasteiger partial charge in [-0.1, -0.05) is 27.5 Å². The second-order valence-corrected chi connectivity index (χ2v) is 6.35. The zero-order chi connectivity index (χ0) is 14.0. The number of thiophene rings is 1. The highest BCUT2D eigenvalue weighted by atomic mass is 79.9. The third-order valence-electron chi connectivity index (χ3n) is 2.35. The summed E-state index contributed by atoms with van der Waals surface area (Å²) < 4.78 is 33.3. The van der Waals surface area contributed by atoms with Crippen molar-refractivity contribution in [2.75, 3.05) is 6.54 Å². The number of rotatable bonds is 4. The lowest BCUT2D eigenvalue weighted by Gasteiger charge is -2.17. The summed E-state index contributed by atoms with van der Waals surface area (Å²) in [7, 11) is 0. The molecule has 0 aliphatic heterocycles. The molecule has 2 nitrogen and oxygen atoms in total. The van der Waals surface area contributed by atoms with Crippen LogP contribution in [-0.4, -0.2) is 6.54 Å². The van der Waals surface area contributed by atoms with Gasteiger partial charge < -0.3 is 10.5 Å². The van der Waals surface area contributed by atoms with Crippen molar-refractivity contribution in [3.05, 3.63) is 49.6 Å². The van der Waals surface area contributed by atoms with E-state index in [4.69, 9.17) is 22.1 Å². The lowest BCUT2D eigenvalue weighted by Crippen LogP contribution is -2.18. The maximum atomic E-state index is 13.6. The van der Waals surface area contributed by atoms with E-state index in [-0.39, 0.29) is 12.3 Å². The summed E-state index contributed by atoms with van der Waals surface area (Å²) in [6.07, 6.45) is -0.569. The maximum absolute atomic E-state index is 13.6. The van der Waals surface area contributed by atoms with Crippen LogP contribution in [0.2, 0.25) is 4.34 Å². The van der Waals surface area contributed by atoms with Gasteiger partial charge >= 0.3 is 0 Å². The SMILES string of the molecule is NCC(Oc1cc(Br)cc(F)c1F)c1ccc(Cl)s1. The monoisotopic (exact) mass is 367 g/mol. The van der Waals surface area contributed by atoms with Crippen molar-refractivity contribution >= 4 is 38.9 Å². The Hall–Kier alpha value is -0.690. The molecule has 0 fully saturated rings. The lowest BCUT2D eigenvalue weighted by molar-refractivity contribution is 0.205. The first-order valence-electron chi connectivity index (χ1n) is 5.27. The molecule has 7 heteroatoms. The molecule has 0 saturated carbocycles. The Morgan fingerprint density at radius 3 is 2.68 bits per heavy atom. The van der Waals surface area contributed by atoms with E-state index in [2.05, 4.69) is 15.9 Å². The van der Waals surface area contributed by atoms with E-state index in [0.29, 0.717) is 8.81 Å². The second-order valence-electron chi connectivity index (χ2n) is 3.68. The van der Waals surface area contributed by atoms with Crippen LogP contribution in [0.4, 0.5) is 8.78 Å². The molecule has 0 saturated heterocycles. The molecule has 1 aromatic heterocycles. The minimum Gasteiger partial charge on any atom is -0.480 e. The average Bonchev–Trinajstić information content (AvgIpc) is 2.78. The van der Waals surface area contributed by atoms with Crippen molar-refractivity contribution in [1.82, 2.24) is 0 Å². The molecule has 1 heterocycles. The Labute approximate surface area is 126 Å². The summed E-state index contributed by atoms with van der Waals surface area (Å²) in [6, 6.07) is 5.83. The number of hydrogen-bond acceptors (Lipinski definition) is 3. The number of halogens is 4. The largest absolute Gasteiger partial charge is 0.480 e. The van der Waals surface area contributed by atoms with Crippen molar-refractivity contribution in [2.24, 2.45) is 5.73 Å². The lowest BCUT2D eigenvalue weighted by atomic mass is 10.2. The zero-order valence-electron chi connectivity index (χ0n) is 9.50. The molecule has 19 heavy (non-hydrogen) atoms. The molecule has 102 valence electrons. The van der Waals surface area contributed by atoms with Crippen LogP contribution in [0.15, 0.2) is 28.7 Å². The minimum absolute atomic E-state index is 0.129. The highest BCUT2D eigenvalue weighted by Gasteiger charge is 2.18. The van der Waals surface area contributed by atoms with Crippen LogP contribution in [0.5, 0.6) is 5.75 Å². The van der Waals surface area contributed by atoms with Crippen LogP contribution in [0, 0.1) is 11.6 Å². The molecule has 2 aromatic rings. The molecule has 0 aliphatic rings. The molecule has 2 N–H and O–H groups in total. The molecule has 0 amide bonds. The standard InChI is InChI=1S/C12H9BrClF2NOS/c13-6-3-7(15)12(16)8(4-6)18-9(5-17)10-1-2-11(14)19-10/h1-4,9H,5,17H2. The van der Waals surface area contributed by atoms with Crippen molar-refractivity contribution in [3.63, 3.8) is 0 Å². The maximum Gasteiger partial charge on any atom is 0.200 e. The summed E-state index contributed by atoms with van der Waals surface area (Å²) in [5, 5.41) is 0. The van der Waals surface area contributed by atoms with E-state index in [1.54, 1.807) is 12.1 Å². The Morgan fingerprint density at radius 2 is 2.11 bits per heavy atom. The van der Waals surface area contributed by atoms with Gasteiger partial charge in [0.2, 0.25) is 5.82 Å². The molecule has 0 bridgehead atoms. The molecular formula is C12H9BrClF2NOS. The van der Waals surface area contributed by atoms with Gasteiger partial charge in [-0.3, -0.25) is 0 Å². The number of nitrogens with two attached hydrogens (primary N) is 1. The van der Waals surface area contributed by atoms with Gasteiger partial charge in [0.15, 0.2) is 11.6 Å². The van der Waals surface area contributed by atoms with E-state index in [1.807, 2.05) is 0 Å². The van der Waals surface area contributed by atoms with Gasteiger partial charge in [-0.15, -0.1) is 11.3 Å². The van der Waals surface area contributed by atoms with Crippen LogP contribution in [-0.2, 0) is 0 Å². The van der Waals surface area contributed by atoms with Gasteiger partial charge in [0.1, 0.15) is 6.10 Å². The topological polar surface area (TPSA) is 35.2 Å². The first kappa shape index (κ1) is 14.7. The van der Waals surface area contributed by atoms with E-state index < -0.39 is 17.7 Å². The molecule has 0 spiro atoms. The number of hydrogen-bond donors (Lipinski definition) is 1. The summed E-state index contributed by atoms with van der Waals surface area (Å²) in [5.41, 5.74) is 5.60. The number of benzene rings is 1. The van der Waals surface area contributed by atoms with E-state index in [9.17, 15) is 8.78 Å². The van der Waals surface area contributed by atoms with Gasteiger partial charge in [-0.2, -0.15) is 4.39 Å². The molecule has 1 unspecified atom stereocenters. The van der Waals surface area contributed by atoms with E-state index in [1.165, 1.54) is 17.4 Å². The van der Waals surface area contributed by atoms with Crippen LogP contribution in [0.3, 0.4) is 0 Å². The molecule has 1 aromatic carbocycles. The fourth-order valence-electron chi connectivity index (χ4n) is 1.50. The van der Waals surface area contributed by atoms with Gasteiger partial charge in [-0.25, -0.2) is 4.39 Å². The van der Waals surface area contributed by atoms with Crippen molar-refractivity contribution in [3.8, 4) is 5.75 Å². The summed E-state index contributed by atoms with van der Waals surface area (Å²) in [5.74, 6) is -2.21. The summed E-state index contributed by atoms with van der Waals surface area (Å²) in [4.78, 5) is 0.757. The highest BCUT2D eigenvalue weighted by Crippen LogP contribution is 2.32. The Kier molecular flexibility index (Phi) is 4.78. The average molecular weight is 369 g/mol. The Balaban J connectivity index is 2.28. The predicted octanol–water partition coefficient (Wildman–Crippen LogP) is 4.52. The number of ether oxygens (including phenoxy) is 1. The molecular weight excluding hydrogens is 360 g/mol. The molecule has 2 rings (SSSR count). The zero-order valence-corrected chi connectivity index (χ0v) is 12.7. The van der Waals surface area contributed by atoms with Crippen LogP contribution in [0.25, 0.3) is 0 Å². The quantitative estimate of drug-likeness (QED) is 0.805. The third kappa shape index (κ3) is 3.45.